The second kappa shape index (κ2) is 7.60. The first-order valence-electron chi connectivity index (χ1n) is 9.40. The molecule has 4 fully saturated rings. The number of alkyl halides is 1. The molecule has 4 heterocycles. The highest BCUT2D eigenvalue weighted by molar-refractivity contribution is 5.81. The van der Waals surface area contributed by atoms with Gasteiger partial charge in [-0.25, -0.2) is 15.2 Å². The summed E-state index contributed by atoms with van der Waals surface area (Å²) in [6.45, 7) is 4.90. The molecule has 4 aliphatic heterocycles. The van der Waals surface area contributed by atoms with Gasteiger partial charge in [0.25, 0.3) is 0 Å². The van der Waals surface area contributed by atoms with Crippen LogP contribution in [0.3, 0.4) is 0 Å². The monoisotopic (exact) mass is 370 g/mol. The molecule has 4 saturated heterocycles. The second-order valence-electron chi connectivity index (χ2n) is 7.55. The highest BCUT2D eigenvalue weighted by Gasteiger charge is 2.42. The summed E-state index contributed by atoms with van der Waals surface area (Å²) < 4.78 is 13.6. The lowest BCUT2D eigenvalue weighted by Gasteiger charge is -2.42. The van der Waals surface area contributed by atoms with Crippen molar-refractivity contribution < 1.29 is 9.18 Å². The lowest BCUT2D eigenvalue weighted by Crippen LogP contribution is -2.63. The topological polar surface area (TPSA) is 124 Å². The van der Waals surface area contributed by atoms with Crippen molar-refractivity contribution in [3.63, 3.8) is 0 Å². The van der Waals surface area contributed by atoms with Crippen LogP contribution in [-0.4, -0.2) is 85.4 Å². The molecule has 7 N–H and O–H groups in total. The van der Waals surface area contributed by atoms with Crippen LogP contribution in [0.15, 0.2) is 0 Å². The van der Waals surface area contributed by atoms with Crippen LogP contribution in [0.4, 0.5) is 4.39 Å². The maximum atomic E-state index is 13.6. The molecule has 7 unspecified atom stereocenters. The van der Waals surface area contributed by atoms with E-state index in [2.05, 4.69) is 44.1 Å². The Morgan fingerprint density at radius 2 is 2.23 bits per heavy atom. The molecule has 0 radical (unpaired) electrons. The van der Waals surface area contributed by atoms with Gasteiger partial charge < -0.3 is 26.8 Å². The normalized spacial score (nSPS) is 44.8. The number of fused-ring (bicyclic) bond motifs is 1. The van der Waals surface area contributed by atoms with Crippen molar-refractivity contribution >= 4 is 5.91 Å². The Balaban J connectivity index is 1.42. The molecule has 0 bridgehead atoms. The van der Waals surface area contributed by atoms with Crippen molar-refractivity contribution in [2.24, 2.45) is 11.7 Å². The van der Waals surface area contributed by atoms with Crippen LogP contribution in [0.25, 0.3) is 5.43 Å². The zero-order valence-electron chi connectivity index (χ0n) is 15.0. The number of carbonyl (C=O) groups is 1. The standard InChI is InChI=1S/C15H29FN9O/c1-8-22-20-7-24(8)11-2-3-18-5-10(11)21-15(26)12-13(17)23-25-6-9(16)4-19-14(12)25/h8-14,18-20,22H,2-7,17H2,1H3,(H,21,26)/q-1. The minimum Gasteiger partial charge on any atom is -0.578 e. The molecule has 10 nitrogen and oxygen atoms in total. The van der Waals surface area contributed by atoms with Crippen LogP contribution in [0.5, 0.6) is 0 Å². The maximum absolute atomic E-state index is 13.6. The molecule has 0 aromatic carbocycles. The van der Waals surface area contributed by atoms with Crippen LogP contribution in [-0.2, 0) is 4.79 Å². The fourth-order valence-electron chi connectivity index (χ4n) is 4.47. The molecule has 0 saturated carbocycles. The third-order valence-corrected chi connectivity index (χ3v) is 5.82. The van der Waals surface area contributed by atoms with Gasteiger partial charge in [-0.1, -0.05) is 6.17 Å². The number of rotatable bonds is 3. The van der Waals surface area contributed by atoms with E-state index in [1.54, 1.807) is 5.01 Å². The summed E-state index contributed by atoms with van der Waals surface area (Å²) in [6, 6.07) is 0.220. The molecule has 0 aliphatic carbocycles. The Kier molecular flexibility index (Phi) is 5.39. The number of piperidine rings is 1. The van der Waals surface area contributed by atoms with Gasteiger partial charge in [0.15, 0.2) is 0 Å². The van der Waals surface area contributed by atoms with E-state index >= 15 is 0 Å². The van der Waals surface area contributed by atoms with Crippen molar-refractivity contribution in [2.45, 2.75) is 50.1 Å². The molecule has 11 heteroatoms. The van der Waals surface area contributed by atoms with Gasteiger partial charge in [-0.3, -0.25) is 15.0 Å². The Bertz CT molecular complexity index is 525. The van der Waals surface area contributed by atoms with Gasteiger partial charge in [0, 0.05) is 25.7 Å². The van der Waals surface area contributed by atoms with Gasteiger partial charge in [0.05, 0.1) is 31.0 Å². The Morgan fingerprint density at radius 1 is 1.38 bits per heavy atom. The lowest BCUT2D eigenvalue weighted by molar-refractivity contribution is -0.128. The highest BCUT2D eigenvalue weighted by atomic mass is 19.1. The number of hydrazine groups is 1. The van der Waals surface area contributed by atoms with E-state index in [1.165, 1.54) is 0 Å². The minimum absolute atomic E-state index is 0.0147. The highest BCUT2D eigenvalue weighted by Crippen LogP contribution is 2.31. The fraction of sp³-hybridized carbons (Fsp3) is 0.933. The van der Waals surface area contributed by atoms with Gasteiger partial charge >= 0.3 is 0 Å². The smallest absolute Gasteiger partial charge is 0.226 e. The predicted octanol–water partition coefficient (Wildman–Crippen LogP) is -2.68. The van der Waals surface area contributed by atoms with E-state index in [0.717, 1.165) is 19.6 Å². The summed E-state index contributed by atoms with van der Waals surface area (Å²) in [5.41, 5.74) is 16.7. The fourth-order valence-corrected chi connectivity index (χ4v) is 4.47. The van der Waals surface area contributed by atoms with E-state index in [1.807, 2.05) is 0 Å². The van der Waals surface area contributed by atoms with Crippen LogP contribution < -0.4 is 32.5 Å². The summed E-state index contributed by atoms with van der Waals surface area (Å²) in [5.74, 6) is -0.637. The first-order chi connectivity index (χ1) is 12.5. The molecular weight excluding hydrogens is 341 g/mol. The summed E-state index contributed by atoms with van der Waals surface area (Å²) in [5, 5.41) is 11.2. The van der Waals surface area contributed by atoms with Gasteiger partial charge in [-0.05, 0) is 19.9 Å². The number of halogens is 1. The summed E-state index contributed by atoms with van der Waals surface area (Å²) >= 11 is 0. The van der Waals surface area contributed by atoms with Crippen LogP contribution >= 0.6 is 0 Å². The third kappa shape index (κ3) is 3.45. The van der Waals surface area contributed by atoms with E-state index < -0.39 is 18.3 Å². The Morgan fingerprint density at radius 3 is 3.00 bits per heavy atom. The number of amides is 1. The van der Waals surface area contributed by atoms with E-state index in [9.17, 15) is 9.18 Å². The molecule has 0 aromatic heterocycles. The van der Waals surface area contributed by atoms with Crippen LogP contribution in [0.1, 0.15) is 13.3 Å². The molecule has 26 heavy (non-hydrogen) atoms. The van der Waals surface area contributed by atoms with Crippen molar-refractivity contribution in [1.82, 2.24) is 36.7 Å². The minimum atomic E-state index is -0.993. The molecule has 4 aliphatic rings. The van der Waals surface area contributed by atoms with Gasteiger partial charge in [-0.2, -0.15) is 0 Å². The molecule has 0 spiro atoms. The quantitative estimate of drug-likeness (QED) is 0.318. The largest absolute Gasteiger partial charge is 0.578 e. The number of carbonyl (C=O) groups excluding carboxylic acids is 1. The average Bonchev–Trinajstić information content (AvgIpc) is 3.17. The van der Waals surface area contributed by atoms with Crippen LogP contribution in [0.2, 0.25) is 0 Å². The second-order valence-corrected chi connectivity index (χ2v) is 7.55. The summed E-state index contributed by atoms with van der Waals surface area (Å²) in [6.07, 6.45) is -0.814. The number of nitrogens with zero attached hydrogens (tertiary/aromatic N) is 3. The first kappa shape index (κ1) is 18.4. The average molecular weight is 370 g/mol. The van der Waals surface area contributed by atoms with Gasteiger partial charge in [0.2, 0.25) is 5.91 Å². The molecule has 7 atom stereocenters. The molecule has 148 valence electrons. The zero-order valence-corrected chi connectivity index (χ0v) is 15.0. The van der Waals surface area contributed by atoms with Crippen molar-refractivity contribution in [2.75, 3.05) is 32.8 Å². The SMILES string of the molecule is CC1NNCN1C1CCNCC1NC(=O)C1C(N)[N-]N2CC(F)CNC12. The van der Waals surface area contributed by atoms with E-state index in [0.29, 0.717) is 6.54 Å². The molecule has 4 rings (SSSR count). The Hall–Kier alpha value is -0.920. The summed E-state index contributed by atoms with van der Waals surface area (Å²) in [7, 11) is 0. The number of nitrogens with one attached hydrogen (secondary N) is 5. The van der Waals surface area contributed by atoms with Crippen LogP contribution in [0, 0.1) is 5.92 Å². The third-order valence-electron chi connectivity index (χ3n) is 5.82. The van der Waals surface area contributed by atoms with Crippen molar-refractivity contribution in [3.8, 4) is 0 Å². The number of nitrogens with two attached hydrogens (primary N) is 1. The zero-order chi connectivity index (χ0) is 18.3. The first-order valence-corrected chi connectivity index (χ1v) is 9.40. The number of hydrogen-bond acceptors (Lipinski definition) is 8. The number of hydrogen-bond donors (Lipinski definition) is 6. The van der Waals surface area contributed by atoms with Crippen molar-refractivity contribution in [3.05, 3.63) is 5.43 Å². The maximum Gasteiger partial charge on any atom is 0.226 e. The lowest BCUT2D eigenvalue weighted by atomic mass is 9.96. The molecular formula is C15H29FN9O-. The molecule has 0 aromatic rings. The van der Waals surface area contributed by atoms with E-state index in [-0.39, 0.29) is 43.4 Å². The summed E-state index contributed by atoms with van der Waals surface area (Å²) in [4.78, 5) is 15.3. The predicted molar refractivity (Wildman–Crippen MR) is 93.9 cm³/mol. The van der Waals surface area contributed by atoms with E-state index in [4.69, 9.17) is 5.73 Å². The van der Waals surface area contributed by atoms with Gasteiger partial charge in [0.1, 0.15) is 6.17 Å². The molecule has 1 amide bonds. The van der Waals surface area contributed by atoms with Crippen molar-refractivity contribution in [1.29, 1.82) is 0 Å². The Labute approximate surface area is 152 Å². The van der Waals surface area contributed by atoms with Gasteiger partial charge in [-0.15, -0.1) is 0 Å².